The highest BCUT2D eigenvalue weighted by Crippen LogP contribution is 2.14. The van der Waals surface area contributed by atoms with Gasteiger partial charge in [0, 0.05) is 0 Å². The number of hydrogen-bond acceptors (Lipinski definition) is 6. The molecule has 2 aliphatic rings. The standard InChI is InChI=1S/C8H6O4.Al.HO2P/c9-7(10)5-1-2-6(4-3-5)8(11)12;;1-3-2/h1-4H,(H,9,10)(H,11,12);;(H,1,2)/q;+3;/p-3. The molecule has 0 fully saturated rings. The third-order valence-corrected chi connectivity index (χ3v) is 3.74. The van der Waals surface area contributed by atoms with Gasteiger partial charge < -0.3 is 11.2 Å². The van der Waals surface area contributed by atoms with Gasteiger partial charge in [0.05, 0.1) is 11.1 Å². The Kier molecular flexibility index (Phi) is 3.32. The first-order valence-electron chi connectivity index (χ1n) is 4.21. The Morgan fingerprint density at radius 3 is 1.81 bits per heavy atom. The fraction of sp³-hybridized carbons (Fsp3) is 0. The summed E-state index contributed by atoms with van der Waals surface area (Å²) >= 11 is -3.03. The van der Waals surface area contributed by atoms with Gasteiger partial charge in [0.2, 0.25) is 0 Å². The van der Waals surface area contributed by atoms with Crippen LogP contribution in [0.2, 0.25) is 0 Å². The monoisotopic (exact) mass is 254 g/mol. The first-order valence-corrected chi connectivity index (χ1v) is 6.35. The second-order valence-electron chi connectivity index (χ2n) is 2.86. The molecule has 2 aliphatic heterocycles. The molecule has 1 aromatic rings. The maximum absolute atomic E-state index is 11.5. The molecule has 0 N–H and O–H groups in total. The van der Waals surface area contributed by atoms with Crippen LogP contribution in [0.3, 0.4) is 0 Å². The van der Waals surface area contributed by atoms with Crippen molar-refractivity contribution in [2.75, 3.05) is 0 Å². The molecule has 3 rings (SSSR count). The van der Waals surface area contributed by atoms with Crippen molar-refractivity contribution in [1.29, 1.82) is 0 Å². The van der Waals surface area contributed by atoms with Crippen molar-refractivity contribution in [1.82, 2.24) is 0 Å². The summed E-state index contributed by atoms with van der Waals surface area (Å²) in [5.74, 6) is -1.33. The molecule has 0 unspecified atom stereocenters. The van der Waals surface area contributed by atoms with Gasteiger partial charge in [0.25, 0.3) is 0 Å². The average molecular weight is 254 g/mol. The quantitative estimate of drug-likeness (QED) is 0.583. The van der Waals surface area contributed by atoms with Gasteiger partial charge >= 0.3 is 35.8 Å². The van der Waals surface area contributed by atoms with E-state index in [4.69, 9.17) is 7.58 Å². The lowest BCUT2D eigenvalue weighted by Gasteiger charge is -2.07. The minimum Gasteiger partial charge on any atom is -0.558 e. The highest BCUT2D eigenvalue weighted by Gasteiger charge is 2.45. The molecule has 8 heteroatoms. The predicted molar refractivity (Wildman–Crippen MR) is 51.7 cm³/mol. The van der Waals surface area contributed by atoms with Crippen molar-refractivity contribution in [3.05, 3.63) is 35.4 Å². The van der Waals surface area contributed by atoms with E-state index in [1.54, 1.807) is 0 Å². The molecule has 16 heavy (non-hydrogen) atoms. The zero-order chi connectivity index (χ0) is 11.5. The van der Waals surface area contributed by atoms with Crippen LogP contribution in [0.25, 0.3) is 0 Å². The summed E-state index contributed by atoms with van der Waals surface area (Å²) in [6, 6.07) is 5.80. The number of fused-ring (bicyclic) bond motifs is 6. The van der Waals surface area contributed by atoms with Crippen LogP contribution in [-0.4, -0.2) is 27.1 Å². The molecule has 2 heterocycles. The summed E-state index contributed by atoms with van der Waals surface area (Å²) in [4.78, 5) is 22.9. The lowest BCUT2D eigenvalue weighted by Crippen LogP contribution is -2.29. The molecule has 0 atom stereocenters. The van der Waals surface area contributed by atoms with Crippen LogP contribution in [0, 0.1) is 0 Å². The van der Waals surface area contributed by atoms with Gasteiger partial charge in [0.1, 0.15) is 0 Å². The van der Waals surface area contributed by atoms with Crippen LogP contribution in [0.4, 0.5) is 0 Å². The maximum Gasteiger partial charge on any atom is 1.11 e. The Bertz CT molecular complexity index is 407. The van der Waals surface area contributed by atoms with Crippen LogP contribution in [0.1, 0.15) is 20.7 Å². The maximum atomic E-state index is 11.5. The second kappa shape index (κ2) is 4.73. The number of carbonyl (C=O) groups excluding carboxylic acids is 2. The normalized spacial score (nSPS) is 15.1. The van der Waals surface area contributed by atoms with E-state index < -0.39 is 35.8 Å². The molecule has 0 amide bonds. The zero-order valence-corrected chi connectivity index (χ0v) is 9.83. The van der Waals surface area contributed by atoms with Crippen molar-refractivity contribution >= 4 is 35.8 Å². The topological polar surface area (TPSA) is 78.9 Å². The molecule has 80 valence electrons. The highest BCUT2D eigenvalue weighted by atomic mass is 31.1. The van der Waals surface area contributed by atoms with E-state index in [0.717, 1.165) is 0 Å². The molecular weight excluding hydrogens is 250 g/mol. The second-order valence-corrected chi connectivity index (χ2v) is 4.90. The summed E-state index contributed by atoms with van der Waals surface area (Å²) in [6.07, 6.45) is 0. The van der Waals surface area contributed by atoms with Crippen molar-refractivity contribution in [3.8, 4) is 0 Å². The molecule has 0 radical (unpaired) electrons. The van der Waals surface area contributed by atoms with E-state index in [1.165, 1.54) is 24.3 Å². The summed E-state index contributed by atoms with van der Waals surface area (Å²) in [5, 5.41) is 0. The summed E-state index contributed by atoms with van der Waals surface area (Å²) < 4.78 is 24.3. The van der Waals surface area contributed by atoms with E-state index in [2.05, 4.69) is 3.58 Å². The smallest absolute Gasteiger partial charge is 0.558 e. The molecule has 2 bridgehead atoms. The molecule has 0 spiro atoms. The van der Waals surface area contributed by atoms with E-state index in [9.17, 15) is 14.2 Å². The molecule has 1 aromatic carbocycles. The van der Waals surface area contributed by atoms with Crippen LogP contribution < -0.4 is 0 Å². The Balaban J connectivity index is 2.34. The molecule has 0 aromatic heterocycles. The van der Waals surface area contributed by atoms with Crippen molar-refractivity contribution in [2.24, 2.45) is 0 Å². The SMILES string of the molecule is O=P[O][Al]1[O]C(=O)c2ccc(cc2)C(=O)[O]1. The Morgan fingerprint density at radius 1 is 1.00 bits per heavy atom. The highest BCUT2D eigenvalue weighted by molar-refractivity contribution is 7.19. The van der Waals surface area contributed by atoms with Crippen LogP contribution in [0.5, 0.6) is 0 Å². The van der Waals surface area contributed by atoms with Gasteiger partial charge in [-0.2, -0.15) is 0 Å². The third-order valence-electron chi connectivity index (χ3n) is 1.89. The van der Waals surface area contributed by atoms with Crippen molar-refractivity contribution < 1.29 is 25.3 Å². The van der Waals surface area contributed by atoms with Gasteiger partial charge in [-0.1, -0.05) is 0 Å². The predicted octanol–water partition coefficient (Wildman–Crippen LogP) is 1.22. The van der Waals surface area contributed by atoms with Gasteiger partial charge in [-0.25, -0.2) is 14.2 Å². The molecule has 0 saturated carbocycles. The summed E-state index contributed by atoms with van der Waals surface area (Å²) in [5.41, 5.74) is 0.566. The van der Waals surface area contributed by atoms with Crippen LogP contribution in [-0.2, 0) is 15.7 Å². The van der Waals surface area contributed by atoms with E-state index in [1.807, 2.05) is 0 Å². The fourth-order valence-electron chi connectivity index (χ4n) is 1.16. The Hall–Kier alpha value is -1.25. The number of rotatable bonds is 2. The van der Waals surface area contributed by atoms with Crippen molar-refractivity contribution in [2.45, 2.75) is 0 Å². The van der Waals surface area contributed by atoms with E-state index in [-0.39, 0.29) is 11.1 Å². The molecule has 6 nitrogen and oxygen atoms in total. The largest absolute Gasteiger partial charge is 1.11 e. The molecular formula is C8H4AlO6P. The van der Waals surface area contributed by atoms with Gasteiger partial charge in [-0.15, -0.1) is 0 Å². The Morgan fingerprint density at radius 2 is 1.44 bits per heavy atom. The lowest BCUT2D eigenvalue weighted by molar-refractivity contribution is 0.0541. The van der Waals surface area contributed by atoms with Gasteiger partial charge in [0.15, 0.2) is 0 Å². The number of hydrogen-bond donors (Lipinski definition) is 0. The number of carbonyl (C=O) groups is 2. The third kappa shape index (κ3) is 2.29. The number of benzene rings is 1. The van der Waals surface area contributed by atoms with E-state index >= 15 is 0 Å². The van der Waals surface area contributed by atoms with Gasteiger partial charge in [-0.3, -0.25) is 0 Å². The average Bonchev–Trinajstić information content (AvgIpc) is 2.36. The van der Waals surface area contributed by atoms with Crippen LogP contribution in [0.15, 0.2) is 24.3 Å². The minimum atomic E-state index is -3.03. The molecule has 0 saturated heterocycles. The van der Waals surface area contributed by atoms with Gasteiger partial charge in [-0.05, 0) is 24.3 Å². The lowest BCUT2D eigenvalue weighted by atomic mass is 10.1. The molecule has 0 aliphatic carbocycles. The summed E-state index contributed by atoms with van der Waals surface area (Å²) in [7, 11) is -0.691. The zero-order valence-electron chi connectivity index (χ0n) is 7.78. The van der Waals surface area contributed by atoms with Crippen molar-refractivity contribution in [3.63, 3.8) is 0 Å². The van der Waals surface area contributed by atoms with Crippen LogP contribution >= 0.6 is 8.69 Å². The van der Waals surface area contributed by atoms with E-state index in [0.29, 0.717) is 0 Å². The summed E-state index contributed by atoms with van der Waals surface area (Å²) in [6.45, 7) is 0. The Labute approximate surface area is 96.8 Å². The first kappa shape index (κ1) is 11.2. The fourth-order valence-corrected chi connectivity index (χ4v) is 2.45. The minimum absolute atomic E-state index is 0.283. The first-order chi connectivity index (χ1) is 7.70.